The van der Waals surface area contributed by atoms with E-state index < -0.39 is 0 Å². The van der Waals surface area contributed by atoms with Crippen LogP contribution in [0.3, 0.4) is 0 Å². The van der Waals surface area contributed by atoms with Crippen LogP contribution in [0.2, 0.25) is 5.15 Å². The van der Waals surface area contributed by atoms with Gasteiger partial charge in [0.05, 0.1) is 19.3 Å². The van der Waals surface area contributed by atoms with Crippen molar-refractivity contribution in [2.45, 2.75) is 33.1 Å². The van der Waals surface area contributed by atoms with Gasteiger partial charge >= 0.3 is 0 Å². The second-order valence-electron chi connectivity index (χ2n) is 6.34. The SMILES string of the molecule is Cc1c(C)n(CC2CO2)c2c(OCc3ccc(F)cc3)nc(Cl)cc12. The number of aryl methyl sites for hydroxylation is 1. The van der Waals surface area contributed by atoms with E-state index >= 15 is 0 Å². The van der Waals surface area contributed by atoms with Crippen LogP contribution < -0.4 is 4.74 Å². The summed E-state index contributed by atoms with van der Waals surface area (Å²) >= 11 is 6.20. The van der Waals surface area contributed by atoms with Gasteiger partial charge in [-0.15, -0.1) is 0 Å². The number of benzene rings is 1. The Balaban J connectivity index is 1.73. The van der Waals surface area contributed by atoms with E-state index in [1.165, 1.54) is 12.1 Å². The Morgan fingerprint density at radius 3 is 2.72 bits per heavy atom. The van der Waals surface area contributed by atoms with Crippen LogP contribution in [0.15, 0.2) is 30.3 Å². The fourth-order valence-electron chi connectivity index (χ4n) is 3.03. The van der Waals surface area contributed by atoms with Crippen LogP contribution in [-0.2, 0) is 17.9 Å². The molecule has 3 aromatic rings. The van der Waals surface area contributed by atoms with Gasteiger partial charge in [0, 0.05) is 11.1 Å². The lowest BCUT2D eigenvalue weighted by atomic mass is 10.2. The number of epoxide rings is 1. The summed E-state index contributed by atoms with van der Waals surface area (Å²) < 4.78 is 26.6. The van der Waals surface area contributed by atoms with Crippen molar-refractivity contribution in [3.05, 3.63) is 58.1 Å². The molecule has 4 nitrogen and oxygen atoms in total. The van der Waals surface area contributed by atoms with Crippen molar-refractivity contribution in [2.24, 2.45) is 0 Å². The number of halogens is 2. The Kier molecular flexibility index (Phi) is 4.13. The minimum absolute atomic E-state index is 0.245. The van der Waals surface area contributed by atoms with Gasteiger partial charge in [-0.3, -0.25) is 0 Å². The molecule has 1 saturated heterocycles. The highest BCUT2D eigenvalue weighted by Gasteiger charge is 2.26. The van der Waals surface area contributed by atoms with E-state index in [-0.39, 0.29) is 11.9 Å². The third kappa shape index (κ3) is 3.22. The summed E-state index contributed by atoms with van der Waals surface area (Å²) in [5.41, 5.74) is 4.11. The van der Waals surface area contributed by atoms with Gasteiger partial charge in [-0.25, -0.2) is 4.39 Å². The predicted molar refractivity (Wildman–Crippen MR) is 94.7 cm³/mol. The molecule has 1 aliphatic heterocycles. The van der Waals surface area contributed by atoms with Crippen LogP contribution in [0.25, 0.3) is 10.9 Å². The van der Waals surface area contributed by atoms with Gasteiger partial charge in [0.25, 0.3) is 0 Å². The topological polar surface area (TPSA) is 39.6 Å². The van der Waals surface area contributed by atoms with Gasteiger partial charge in [0.15, 0.2) is 0 Å². The molecule has 1 fully saturated rings. The van der Waals surface area contributed by atoms with E-state index in [2.05, 4.69) is 23.4 Å². The van der Waals surface area contributed by atoms with Crippen LogP contribution >= 0.6 is 11.6 Å². The molecule has 0 radical (unpaired) electrons. The molecule has 0 saturated carbocycles. The predicted octanol–water partition coefficient (Wildman–Crippen LogP) is 4.42. The Hall–Kier alpha value is -2.11. The summed E-state index contributed by atoms with van der Waals surface area (Å²) in [6.07, 6.45) is 0.245. The maximum absolute atomic E-state index is 13.1. The maximum Gasteiger partial charge on any atom is 0.240 e. The molecular formula is C19H18ClFN2O2. The fourth-order valence-corrected chi connectivity index (χ4v) is 3.22. The lowest BCUT2D eigenvalue weighted by Crippen LogP contribution is -2.08. The van der Waals surface area contributed by atoms with Crippen LogP contribution in [0, 0.1) is 19.7 Å². The summed E-state index contributed by atoms with van der Waals surface area (Å²) in [5, 5.41) is 1.43. The molecule has 6 heteroatoms. The lowest BCUT2D eigenvalue weighted by Gasteiger charge is -2.11. The number of fused-ring (bicyclic) bond motifs is 1. The van der Waals surface area contributed by atoms with Crippen LogP contribution in [-0.4, -0.2) is 22.3 Å². The fraction of sp³-hybridized carbons (Fsp3) is 0.316. The third-order valence-corrected chi connectivity index (χ3v) is 4.82. The Morgan fingerprint density at radius 2 is 2.04 bits per heavy atom. The molecule has 25 heavy (non-hydrogen) atoms. The van der Waals surface area contributed by atoms with Gasteiger partial charge in [-0.2, -0.15) is 4.98 Å². The van der Waals surface area contributed by atoms with Crippen LogP contribution in [0.5, 0.6) is 5.88 Å². The summed E-state index contributed by atoms with van der Waals surface area (Å²) in [6.45, 7) is 6.00. The Bertz CT molecular complexity index is 933. The summed E-state index contributed by atoms with van der Waals surface area (Å²) in [7, 11) is 0. The average Bonchev–Trinajstić information content (AvgIpc) is 3.38. The number of aromatic nitrogens is 2. The molecule has 130 valence electrons. The largest absolute Gasteiger partial charge is 0.471 e. The number of pyridine rings is 1. The molecule has 2 aromatic heterocycles. The summed E-state index contributed by atoms with van der Waals surface area (Å²) in [6, 6.07) is 8.10. The first-order valence-corrected chi connectivity index (χ1v) is 8.55. The highest BCUT2D eigenvalue weighted by Crippen LogP contribution is 2.34. The molecule has 0 amide bonds. The van der Waals surface area contributed by atoms with Crippen molar-refractivity contribution >= 4 is 22.5 Å². The molecular weight excluding hydrogens is 343 g/mol. The van der Waals surface area contributed by atoms with Gasteiger partial charge < -0.3 is 14.0 Å². The first-order valence-electron chi connectivity index (χ1n) is 8.17. The Morgan fingerprint density at radius 1 is 1.32 bits per heavy atom. The standard InChI is InChI=1S/C19H18ClFN2O2/c1-11-12(2)23(8-15-10-24-15)18-16(11)7-17(20)22-19(18)25-9-13-3-5-14(21)6-4-13/h3-7,15H,8-10H2,1-2H3. The van der Waals surface area contributed by atoms with Gasteiger partial charge in [-0.1, -0.05) is 23.7 Å². The van der Waals surface area contributed by atoms with E-state index in [1.54, 1.807) is 12.1 Å². The van der Waals surface area contributed by atoms with Crippen molar-refractivity contribution in [3.63, 3.8) is 0 Å². The van der Waals surface area contributed by atoms with Crippen molar-refractivity contribution in [1.82, 2.24) is 9.55 Å². The molecule has 0 N–H and O–H groups in total. The zero-order valence-corrected chi connectivity index (χ0v) is 14.8. The van der Waals surface area contributed by atoms with Crippen molar-refractivity contribution in [3.8, 4) is 5.88 Å². The van der Waals surface area contributed by atoms with E-state index in [1.807, 2.05) is 6.07 Å². The first kappa shape index (κ1) is 16.4. The Labute approximate surface area is 150 Å². The van der Waals surface area contributed by atoms with E-state index in [0.717, 1.165) is 40.9 Å². The van der Waals surface area contributed by atoms with Gasteiger partial charge in [-0.05, 0) is 43.2 Å². The zero-order valence-electron chi connectivity index (χ0n) is 14.1. The molecule has 0 spiro atoms. The summed E-state index contributed by atoms with van der Waals surface area (Å²) in [5.74, 6) is 0.222. The zero-order chi connectivity index (χ0) is 17.6. The number of nitrogens with zero attached hydrogens (tertiary/aromatic N) is 2. The van der Waals surface area contributed by atoms with Gasteiger partial charge in [0.1, 0.15) is 23.1 Å². The molecule has 0 bridgehead atoms. The molecule has 3 heterocycles. The number of rotatable bonds is 5. The van der Waals surface area contributed by atoms with Crippen molar-refractivity contribution in [2.75, 3.05) is 6.61 Å². The summed E-state index contributed by atoms with van der Waals surface area (Å²) in [4.78, 5) is 4.38. The normalized spacial score (nSPS) is 16.4. The molecule has 0 aliphatic carbocycles. The maximum atomic E-state index is 13.1. The third-order valence-electron chi connectivity index (χ3n) is 4.63. The molecule has 4 rings (SSSR count). The number of hydrogen-bond acceptors (Lipinski definition) is 3. The monoisotopic (exact) mass is 360 g/mol. The molecule has 1 atom stereocenters. The smallest absolute Gasteiger partial charge is 0.240 e. The van der Waals surface area contributed by atoms with E-state index in [0.29, 0.717) is 17.6 Å². The van der Waals surface area contributed by atoms with Crippen LogP contribution in [0.1, 0.15) is 16.8 Å². The second kappa shape index (κ2) is 6.32. The molecule has 1 aromatic carbocycles. The van der Waals surface area contributed by atoms with Crippen molar-refractivity contribution < 1.29 is 13.9 Å². The minimum atomic E-state index is -0.267. The molecule has 1 aliphatic rings. The molecule has 1 unspecified atom stereocenters. The van der Waals surface area contributed by atoms with E-state index in [4.69, 9.17) is 21.1 Å². The highest BCUT2D eigenvalue weighted by molar-refractivity contribution is 6.30. The van der Waals surface area contributed by atoms with E-state index in [9.17, 15) is 4.39 Å². The number of hydrogen-bond donors (Lipinski definition) is 0. The van der Waals surface area contributed by atoms with Crippen LogP contribution in [0.4, 0.5) is 4.39 Å². The van der Waals surface area contributed by atoms with Crippen molar-refractivity contribution in [1.29, 1.82) is 0 Å². The first-order chi connectivity index (χ1) is 12.0. The quantitative estimate of drug-likeness (QED) is 0.499. The second-order valence-corrected chi connectivity index (χ2v) is 6.73. The highest BCUT2D eigenvalue weighted by atomic mass is 35.5. The minimum Gasteiger partial charge on any atom is -0.471 e. The average molecular weight is 361 g/mol. The number of ether oxygens (including phenoxy) is 2. The van der Waals surface area contributed by atoms with Gasteiger partial charge in [0.2, 0.25) is 5.88 Å². The lowest BCUT2D eigenvalue weighted by molar-refractivity contribution is 0.296.